The summed E-state index contributed by atoms with van der Waals surface area (Å²) < 4.78 is 1.70. The van der Waals surface area contributed by atoms with Gasteiger partial charge in [-0.3, -0.25) is 4.79 Å². The number of aryl methyl sites for hydroxylation is 1. The Hall–Kier alpha value is -3.21. The summed E-state index contributed by atoms with van der Waals surface area (Å²) >= 11 is 0. The van der Waals surface area contributed by atoms with Gasteiger partial charge in [0.05, 0.1) is 11.7 Å². The van der Waals surface area contributed by atoms with Gasteiger partial charge in [0.25, 0.3) is 0 Å². The van der Waals surface area contributed by atoms with E-state index >= 15 is 0 Å². The van der Waals surface area contributed by atoms with Crippen molar-refractivity contribution in [2.24, 2.45) is 0 Å². The van der Waals surface area contributed by atoms with Gasteiger partial charge in [0.2, 0.25) is 5.91 Å². The van der Waals surface area contributed by atoms with Crippen molar-refractivity contribution in [3.8, 4) is 5.69 Å². The van der Waals surface area contributed by atoms with Crippen molar-refractivity contribution in [1.29, 1.82) is 0 Å². The lowest BCUT2D eigenvalue weighted by molar-refractivity contribution is -0.126. The van der Waals surface area contributed by atoms with Crippen LogP contribution in [0.2, 0.25) is 0 Å². The minimum atomic E-state index is -0.0330. The van der Waals surface area contributed by atoms with E-state index in [1.165, 1.54) is 11.9 Å². The maximum Gasteiger partial charge on any atom is 0.246 e. The molecule has 0 aliphatic rings. The van der Waals surface area contributed by atoms with E-state index in [9.17, 15) is 4.79 Å². The zero-order valence-electron chi connectivity index (χ0n) is 15.9. The molecule has 0 fully saturated rings. The molecule has 0 radical (unpaired) electrons. The molecule has 2 aromatic carbocycles. The summed E-state index contributed by atoms with van der Waals surface area (Å²) in [6.07, 6.45) is 7.66. The van der Waals surface area contributed by atoms with Crippen LogP contribution in [0.15, 0.2) is 67.3 Å². The highest BCUT2D eigenvalue weighted by atomic mass is 16.2. The average Bonchev–Trinajstić information content (AvgIpc) is 3.26. The third-order valence-corrected chi connectivity index (χ3v) is 4.79. The SMILES string of the molecule is CCc1ccc(/C=C/C(=O)N(C)[C@H](C)c2ccc(-n3cncn3)cc2)cc1. The summed E-state index contributed by atoms with van der Waals surface area (Å²) in [5.41, 5.74) is 4.32. The monoisotopic (exact) mass is 360 g/mol. The van der Waals surface area contributed by atoms with Gasteiger partial charge in [0, 0.05) is 13.1 Å². The van der Waals surface area contributed by atoms with Gasteiger partial charge in [0.15, 0.2) is 0 Å². The number of hydrogen-bond donors (Lipinski definition) is 0. The average molecular weight is 360 g/mol. The smallest absolute Gasteiger partial charge is 0.246 e. The van der Waals surface area contributed by atoms with Crippen molar-refractivity contribution in [2.45, 2.75) is 26.3 Å². The fourth-order valence-electron chi connectivity index (χ4n) is 2.81. The normalized spacial score (nSPS) is 12.3. The second-order valence-corrected chi connectivity index (χ2v) is 6.49. The van der Waals surface area contributed by atoms with Crippen LogP contribution in [-0.2, 0) is 11.2 Å². The van der Waals surface area contributed by atoms with Crippen molar-refractivity contribution in [1.82, 2.24) is 19.7 Å². The topological polar surface area (TPSA) is 51.0 Å². The van der Waals surface area contributed by atoms with Crippen molar-refractivity contribution < 1.29 is 4.79 Å². The van der Waals surface area contributed by atoms with E-state index in [4.69, 9.17) is 0 Å². The molecular weight excluding hydrogens is 336 g/mol. The van der Waals surface area contributed by atoms with Crippen LogP contribution in [-0.4, -0.2) is 32.6 Å². The molecule has 0 unspecified atom stereocenters. The van der Waals surface area contributed by atoms with Gasteiger partial charge < -0.3 is 4.90 Å². The molecule has 27 heavy (non-hydrogen) atoms. The summed E-state index contributed by atoms with van der Waals surface area (Å²) in [7, 11) is 1.82. The first kappa shape index (κ1) is 18.6. The van der Waals surface area contributed by atoms with Crippen molar-refractivity contribution in [3.05, 3.63) is 84.0 Å². The molecule has 0 saturated heterocycles. The Morgan fingerprint density at radius 2 is 1.85 bits per heavy atom. The molecule has 1 aromatic heterocycles. The summed E-state index contributed by atoms with van der Waals surface area (Å²) in [4.78, 5) is 18.2. The van der Waals surface area contributed by atoms with E-state index in [0.717, 1.165) is 23.2 Å². The van der Waals surface area contributed by atoms with Gasteiger partial charge in [-0.1, -0.05) is 43.3 Å². The zero-order chi connectivity index (χ0) is 19.2. The number of carbonyl (C=O) groups excluding carboxylic acids is 1. The lowest BCUT2D eigenvalue weighted by Gasteiger charge is -2.24. The maximum absolute atomic E-state index is 12.5. The molecule has 5 heteroatoms. The summed E-state index contributed by atoms with van der Waals surface area (Å²) in [5.74, 6) is -0.0255. The molecule has 0 bridgehead atoms. The Morgan fingerprint density at radius 1 is 1.15 bits per heavy atom. The molecule has 138 valence electrons. The van der Waals surface area contributed by atoms with E-state index in [0.29, 0.717) is 0 Å². The number of nitrogens with zero attached hydrogens (tertiary/aromatic N) is 4. The predicted molar refractivity (Wildman–Crippen MR) is 107 cm³/mol. The quantitative estimate of drug-likeness (QED) is 0.623. The Kier molecular flexibility index (Phi) is 5.81. The minimum absolute atomic E-state index is 0.0255. The van der Waals surface area contributed by atoms with Crippen LogP contribution >= 0.6 is 0 Å². The molecule has 0 saturated carbocycles. The van der Waals surface area contributed by atoms with Crippen molar-refractivity contribution in [3.63, 3.8) is 0 Å². The van der Waals surface area contributed by atoms with E-state index in [1.807, 2.05) is 56.4 Å². The molecule has 1 amide bonds. The van der Waals surface area contributed by atoms with E-state index in [-0.39, 0.29) is 11.9 Å². The van der Waals surface area contributed by atoms with Crippen LogP contribution in [0.3, 0.4) is 0 Å². The fourth-order valence-corrected chi connectivity index (χ4v) is 2.81. The predicted octanol–water partition coefficient (Wildman–Crippen LogP) is 4.06. The zero-order valence-corrected chi connectivity index (χ0v) is 15.9. The van der Waals surface area contributed by atoms with E-state index < -0.39 is 0 Å². The molecule has 1 atom stereocenters. The third kappa shape index (κ3) is 4.50. The second-order valence-electron chi connectivity index (χ2n) is 6.49. The van der Waals surface area contributed by atoms with Crippen LogP contribution in [0.25, 0.3) is 11.8 Å². The number of aromatic nitrogens is 3. The summed E-state index contributed by atoms with van der Waals surface area (Å²) in [6, 6.07) is 16.2. The number of carbonyl (C=O) groups is 1. The van der Waals surface area contributed by atoms with Gasteiger partial charge in [0.1, 0.15) is 12.7 Å². The summed E-state index contributed by atoms with van der Waals surface area (Å²) in [5, 5.41) is 4.12. The van der Waals surface area contributed by atoms with Crippen LogP contribution < -0.4 is 0 Å². The number of amides is 1. The van der Waals surface area contributed by atoms with Crippen LogP contribution in [0.5, 0.6) is 0 Å². The van der Waals surface area contributed by atoms with Gasteiger partial charge in [-0.25, -0.2) is 9.67 Å². The molecule has 1 heterocycles. The molecule has 0 aliphatic carbocycles. The van der Waals surface area contributed by atoms with Crippen molar-refractivity contribution >= 4 is 12.0 Å². The minimum Gasteiger partial charge on any atom is -0.335 e. The largest absolute Gasteiger partial charge is 0.335 e. The maximum atomic E-state index is 12.5. The first-order valence-corrected chi connectivity index (χ1v) is 9.07. The standard InChI is InChI=1S/C22H24N4O/c1-4-18-5-7-19(8-6-18)9-14-22(27)25(3)17(2)20-10-12-21(13-11-20)26-16-23-15-24-26/h5-17H,4H2,1-3H3/b14-9+/t17-/m1/s1. The number of likely N-dealkylation sites (N-methyl/N-ethyl adjacent to an activating group) is 1. The molecule has 0 spiro atoms. The lowest BCUT2D eigenvalue weighted by Crippen LogP contribution is -2.27. The van der Waals surface area contributed by atoms with Gasteiger partial charge in [-0.15, -0.1) is 0 Å². The van der Waals surface area contributed by atoms with Gasteiger partial charge in [-0.05, 0) is 48.2 Å². The Bertz CT molecular complexity index is 897. The molecule has 0 aliphatic heterocycles. The fraction of sp³-hybridized carbons (Fsp3) is 0.227. The highest BCUT2D eigenvalue weighted by Crippen LogP contribution is 2.20. The first-order chi connectivity index (χ1) is 13.1. The third-order valence-electron chi connectivity index (χ3n) is 4.79. The number of hydrogen-bond acceptors (Lipinski definition) is 3. The molecule has 3 aromatic rings. The second kappa shape index (κ2) is 8.45. The molecule has 0 N–H and O–H groups in total. The van der Waals surface area contributed by atoms with Gasteiger partial charge >= 0.3 is 0 Å². The van der Waals surface area contributed by atoms with Crippen LogP contribution in [0.4, 0.5) is 0 Å². The Balaban J connectivity index is 1.65. The highest BCUT2D eigenvalue weighted by molar-refractivity contribution is 5.91. The van der Waals surface area contributed by atoms with Gasteiger partial charge in [-0.2, -0.15) is 5.10 Å². The van der Waals surface area contributed by atoms with Crippen LogP contribution in [0, 0.1) is 0 Å². The number of benzene rings is 2. The van der Waals surface area contributed by atoms with Crippen LogP contribution in [0.1, 0.15) is 36.6 Å². The highest BCUT2D eigenvalue weighted by Gasteiger charge is 2.15. The Labute approximate surface area is 160 Å². The van der Waals surface area contributed by atoms with Crippen molar-refractivity contribution in [2.75, 3.05) is 7.05 Å². The molecular formula is C22H24N4O. The van der Waals surface area contributed by atoms with E-state index in [1.54, 1.807) is 22.0 Å². The molecule has 3 rings (SSSR count). The lowest BCUT2D eigenvalue weighted by atomic mass is 10.1. The molecule has 5 nitrogen and oxygen atoms in total. The summed E-state index contributed by atoms with van der Waals surface area (Å²) in [6.45, 7) is 4.15. The first-order valence-electron chi connectivity index (χ1n) is 9.07. The number of rotatable bonds is 6. The Morgan fingerprint density at radius 3 is 2.44 bits per heavy atom. The van der Waals surface area contributed by atoms with E-state index in [2.05, 4.69) is 29.1 Å².